The van der Waals surface area contributed by atoms with Crippen molar-refractivity contribution in [1.29, 1.82) is 0 Å². The Kier molecular flexibility index (Phi) is 4.13. The molecule has 2 aromatic rings. The number of rotatable bonds is 5. The number of benzene rings is 1. The van der Waals surface area contributed by atoms with Gasteiger partial charge in [0.2, 0.25) is 0 Å². The molecule has 0 bridgehead atoms. The van der Waals surface area contributed by atoms with E-state index in [4.69, 9.17) is 5.73 Å². The van der Waals surface area contributed by atoms with Crippen LogP contribution >= 0.6 is 10.0 Å². The first-order valence-electron chi connectivity index (χ1n) is 7.40. The van der Waals surface area contributed by atoms with Crippen LogP contribution in [-0.4, -0.2) is 16.8 Å². The number of nitrogens with two attached hydrogens (primary N) is 1. The van der Waals surface area contributed by atoms with Crippen molar-refractivity contribution >= 4 is 16.1 Å². The minimum Gasteiger partial charge on any atom is -0.328 e. The van der Waals surface area contributed by atoms with E-state index < -0.39 is 10.0 Å². The molecule has 1 aliphatic heterocycles. The van der Waals surface area contributed by atoms with Gasteiger partial charge in [-0.2, -0.15) is 10.0 Å². The molecule has 1 aliphatic rings. The number of fused-ring (bicyclic) bond motifs is 1. The SMILES string of the molecule is CC(N)CCS1(Cc2ccccc2)C=Cc2cnccc21. The number of nitrogens with zero attached hydrogens (tertiary/aromatic N) is 1. The fraction of sp³-hybridized carbons (Fsp3) is 0.278. The summed E-state index contributed by atoms with van der Waals surface area (Å²) in [6, 6.07) is 13.2. The van der Waals surface area contributed by atoms with Gasteiger partial charge in [-0.15, -0.1) is 0 Å². The van der Waals surface area contributed by atoms with Gasteiger partial charge in [0.1, 0.15) is 0 Å². The average Bonchev–Trinajstić information content (AvgIpc) is 2.86. The zero-order chi connectivity index (χ0) is 14.7. The van der Waals surface area contributed by atoms with Gasteiger partial charge in [-0.3, -0.25) is 4.98 Å². The lowest BCUT2D eigenvalue weighted by atomic mass is 10.2. The van der Waals surface area contributed by atoms with Crippen LogP contribution in [0.25, 0.3) is 6.08 Å². The van der Waals surface area contributed by atoms with E-state index in [0.29, 0.717) is 0 Å². The maximum Gasteiger partial charge on any atom is 0.0351 e. The highest BCUT2D eigenvalue weighted by Gasteiger charge is 2.30. The van der Waals surface area contributed by atoms with Gasteiger partial charge >= 0.3 is 0 Å². The summed E-state index contributed by atoms with van der Waals surface area (Å²) in [6.07, 6.45) is 7.22. The zero-order valence-electron chi connectivity index (χ0n) is 12.4. The third-order valence-corrected chi connectivity index (χ3v) is 7.68. The first-order valence-corrected chi connectivity index (χ1v) is 9.43. The topological polar surface area (TPSA) is 38.9 Å². The van der Waals surface area contributed by atoms with E-state index in [9.17, 15) is 0 Å². The molecule has 2 unspecified atom stereocenters. The Labute approximate surface area is 128 Å². The molecule has 3 heteroatoms. The molecule has 3 rings (SSSR count). The minimum atomic E-state index is -0.969. The smallest absolute Gasteiger partial charge is 0.0351 e. The van der Waals surface area contributed by atoms with Crippen LogP contribution in [0.3, 0.4) is 0 Å². The predicted octanol–water partition coefficient (Wildman–Crippen LogP) is 4.17. The molecule has 1 aromatic carbocycles. The van der Waals surface area contributed by atoms with Crippen molar-refractivity contribution in [1.82, 2.24) is 4.98 Å². The normalized spacial score (nSPS) is 24.3. The van der Waals surface area contributed by atoms with Crippen molar-refractivity contribution in [3.05, 3.63) is 65.3 Å². The Bertz CT molecular complexity index is 637. The van der Waals surface area contributed by atoms with Crippen molar-refractivity contribution in [2.75, 3.05) is 5.75 Å². The van der Waals surface area contributed by atoms with E-state index in [1.807, 2.05) is 12.4 Å². The minimum absolute atomic E-state index is 0.254. The van der Waals surface area contributed by atoms with Gasteiger partial charge in [0.25, 0.3) is 0 Å². The van der Waals surface area contributed by atoms with Gasteiger partial charge in [-0.1, -0.05) is 30.3 Å². The summed E-state index contributed by atoms with van der Waals surface area (Å²) in [4.78, 5) is 5.74. The second kappa shape index (κ2) is 6.04. The van der Waals surface area contributed by atoms with E-state index >= 15 is 0 Å². The first kappa shape index (κ1) is 14.4. The quantitative estimate of drug-likeness (QED) is 0.900. The molecule has 0 radical (unpaired) electrons. The largest absolute Gasteiger partial charge is 0.328 e. The molecular weight excluding hydrogens is 276 g/mol. The van der Waals surface area contributed by atoms with E-state index in [1.165, 1.54) is 16.0 Å². The average molecular weight is 298 g/mol. The summed E-state index contributed by atoms with van der Waals surface area (Å²) < 4.78 is 0. The summed E-state index contributed by atoms with van der Waals surface area (Å²) in [5.74, 6) is 2.27. The van der Waals surface area contributed by atoms with Gasteiger partial charge in [-0.05, 0) is 42.2 Å². The molecule has 0 saturated heterocycles. The van der Waals surface area contributed by atoms with Crippen LogP contribution in [0.2, 0.25) is 0 Å². The van der Waals surface area contributed by atoms with Crippen molar-refractivity contribution < 1.29 is 0 Å². The molecular formula is C18H22N2S. The predicted molar refractivity (Wildman–Crippen MR) is 92.4 cm³/mol. The Balaban J connectivity index is 1.95. The van der Waals surface area contributed by atoms with Crippen LogP contribution in [-0.2, 0) is 5.75 Å². The van der Waals surface area contributed by atoms with E-state index in [-0.39, 0.29) is 6.04 Å². The third kappa shape index (κ3) is 3.04. The molecule has 0 amide bonds. The summed E-state index contributed by atoms with van der Waals surface area (Å²) in [7, 11) is -0.969. The van der Waals surface area contributed by atoms with Crippen LogP contribution in [0.4, 0.5) is 0 Å². The second-order valence-electron chi connectivity index (χ2n) is 5.76. The molecule has 2 nitrogen and oxygen atoms in total. The van der Waals surface area contributed by atoms with E-state index in [1.54, 1.807) is 0 Å². The highest BCUT2D eigenvalue weighted by molar-refractivity contribution is 8.35. The Morgan fingerprint density at radius 1 is 1.19 bits per heavy atom. The molecule has 2 heterocycles. The third-order valence-electron chi connectivity index (χ3n) is 3.96. The second-order valence-corrected chi connectivity index (χ2v) is 9.06. The Morgan fingerprint density at radius 2 is 2.00 bits per heavy atom. The van der Waals surface area contributed by atoms with Crippen LogP contribution in [0.15, 0.2) is 59.1 Å². The highest BCUT2D eigenvalue weighted by Crippen LogP contribution is 2.64. The summed E-state index contributed by atoms with van der Waals surface area (Å²) >= 11 is 0. The molecule has 0 aliphatic carbocycles. The van der Waals surface area contributed by atoms with Crippen LogP contribution in [0.5, 0.6) is 0 Å². The highest BCUT2D eigenvalue weighted by atomic mass is 32.3. The molecule has 0 fully saturated rings. The lowest BCUT2D eigenvalue weighted by Crippen LogP contribution is -2.19. The lowest BCUT2D eigenvalue weighted by Gasteiger charge is -2.36. The monoisotopic (exact) mass is 298 g/mol. The van der Waals surface area contributed by atoms with Crippen molar-refractivity contribution in [3.8, 4) is 0 Å². The molecule has 1 aromatic heterocycles. The van der Waals surface area contributed by atoms with Gasteiger partial charge in [0.05, 0.1) is 0 Å². The molecule has 21 heavy (non-hydrogen) atoms. The maximum atomic E-state index is 6.02. The summed E-state index contributed by atoms with van der Waals surface area (Å²) in [5.41, 5.74) is 8.71. The number of aromatic nitrogens is 1. The van der Waals surface area contributed by atoms with Crippen molar-refractivity contribution in [3.63, 3.8) is 0 Å². The van der Waals surface area contributed by atoms with E-state index in [0.717, 1.165) is 17.9 Å². The standard InChI is InChI=1S/C18H22N2S/c1-15(19)8-11-21(14-16-5-3-2-4-6-16)12-9-17-13-20-10-7-18(17)21/h2-7,9-10,12-13,15H,8,11,14,19H2,1H3. The Morgan fingerprint density at radius 3 is 2.76 bits per heavy atom. The van der Waals surface area contributed by atoms with E-state index in [2.05, 4.69) is 59.8 Å². The fourth-order valence-electron chi connectivity index (χ4n) is 2.81. The molecule has 110 valence electrons. The summed E-state index contributed by atoms with van der Waals surface area (Å²) in [5, 5.41) is 2.44. The van der Waals surface area contributed by atoms with Gasteiger partial charge < -0.3 is 5.73 Å². The van der Waals surface area contributed by atoms with Crippen LogP contribution < -0.4 is 5.73 Å². The number of hydrogen-bond donors (Lipinski definition) is 1. The molecule has 2 N–H and O–H groups in total. The van der Waals surface area contributed by atoms with Crippen molar-refractivity contribution in [2.24, 2.45) is 5.73 Å². The van der Waals surface area contributed by atoms with Crippen LogP contribution in [0.1, 0.15) is 24.5 Å². The summed E-state index contributed by atoms with van der Waals surface area (Å²) in [6.45, 7) is 2.10. The Hall–Kier alpha value is -1.58. The number of pyridine rings is 1. The molecule has 2 atom stereocenters. The van der Waals surface area contributed by atoms with Gasteiger partial charge in [0.15, 0.2) is 0 Å². The molecule has 0 saturated carbocycles. The zero-order valence-corrected chi connectivity index (χ0v) is 13.2. The van der Waals surface area contributed by atoms with Crippen molar-refractivity contribution in [2.45, 2.75) is 30.0 Å². The van der Waals surface area contributed by atoms with Gasteiger partial charge in [-0.25, -0.2) is 0 Å². The first-order chi connectivity index (χ1) is 10.2. The maximum absolute atomic E-state index is 6.02. The van der Waals surface area contributed by atoms with Gasteiger partial charge in [0, 0.05) is 34.6 Å². The van der Waals surface area contributed by atoms with Crippen LogP contribution in [0, 0.1) is 0 Å². The lowest BCUT2D eigenvalue weighted by molar-refractivity contribution is 0.719. The fourth-order valence-corrected chi connectivity index (χ4v) is 6.62. The number of hydrogen-bond acceptors (Lipinski definition) is 2. The molecule has 0 spiro atoms.